The monoisotopic (exact) mass is 514 g/mol. The van der Waals surface area contributed by atoms with E-state index >= 15 is 0 Å². The molecular formula is C33H26N2O4. The third-order valence-corrected chi connectivity index (χ3v) is 9.64. The topological polar surface area (TPSA) is 75.7 Å². The van der Waals surface area contributed by atoms with Crippen LogP contribution in [0.2, 0.25) is 0 Å². The van der Waals surface area contributed by atoms with Gasteiger partial charge in [-0.1, -0.05) is 54.6 Å². The number of methoxy groups -OCH3 is 1. The van der Waals surface area contributed by atoms with Crippen LogP contribution in [0.15, 0.2) is 84.9 Å². The highest BCUT2D eigenvalue weighted by molar-refractivity contribution is 6.27. The number of hydrogen-bond acceptors (Lipinski definition) is 5. The molecule has 3 aliphatic heterocycles. The van der Waals surface area contributed by atoms with E-state index in [1.165, 1.54) is 0 Å². The summed E-state index contributed by atoms with van der Waals surface area (Å²) in [4.78, 5) is 46.6. The molecule has 2 spiro atoms. The number of carbonyl (C=O) groups is 3. The lowest BCUT2D eigenvalue weighted by atomic mass is 9.56. The normalized spacial score (nSPS) is 28.3. The standard InChI is InChI=1S/C33H26N2O4/c1-39-21-16-14-20(15-17-21)29(36)28-26-13-6-18-35(26)33(32(28)23-10-2-3-12-25(23)34-31(32)38)24-11-5-8-19-7-4-9-22(27(19)24)30(33)37/h2-5,7-12,14-17,26,28H,6,13,18H2,1H3,(H,34,38)/t26-,28+,32-,33-/m1/s1. The molecule has 3 heterocycles. The largest absolute Gasteiger partial charge is 0.497 e. The van der Waals surface area contributed by atoms with Crippen molar-refractivity contribution in [1.82, 2.24) is 4.90 Å². The SMILES string of the molecule is COc1ccc(C(=O)[C@@H]2[C@H]3CCCN3[C@]3(C(=O)c4cccc5cccc3c45)[C@@]23C(=O)Nc2ccccc23)cc1. The summed E-state index contributed by atoms with van der Waals surface area (Å²) in [6, 6.07) is 26.2. The van der Waals surface area contributed by atoms with E-state index in [1.54, 1.807) is 31.4 Å². The molecule has 0 radical (unpaired) electrons. The number of para-hydroxylation sites is 1. The van der Waals surface area contributed by atoms with Crippen molar-refractivity contribution in [2.45, 2.75) is 29.8 Å². The molecule has 39 heavy (non-hydrogen) atoms. The third kappa shape index (κ3) is 2.45. The first-order valence-corrected chi connectivity index (χ1v) is 13.5. The molecule has 1 N–H and O–H groups in total. The molecule has 0 aromatic heterocycles. The smallest absolute Gasteiger partial charge is 0.238 e. The Bertz CT molecular complexity index is 1740. The lowest BCUT2D eigenvalue weighted by Gasteiger charge is -2.44. The maximum atomic E-state index is 15.0. The van der Waals surface area contributed by atoms with E-state index < -0.39 is 16.9 Å². The molecule has 6 nitrogen and oxygen atoms in total. The van der Waals surface area contributed by atoms with Crippen LogP contribution in [0.1, 0.15) is 44.7 Å². The molecule has 1 aliphatic carbocycles. The number of amides is 1. The van der Waals surface area contributed by atoms with Crippen LogP contribution in [0, 0.1) is 5.92 Å². The van der Waals surface area contributed by atoms with Gasteiger partial charge in [-0.25, -0.2) is 0 Å². The van der Waals surface area contributed by atoms with Crippen LogP contribution >= 0.6 is 0 Å². The predicted molar refractivity (Wildman–Crippen MR) is 147 cm³/mol. The highest BCUT2D eigenvalue weighted by atomic mass is 16.5. The summed E-state index contributed by atoms with van der Waals surface area (Å²) >= 11 is 0. The van der Waals surface area contributed by atoms with E-state index in [9.17, 15) is 14.4 Å². The Morgan fingerprint density at radius 2 is 1.67 bits per heavy atom. The molecule has 4 aromatic carbocycles. The summed E-state index contributed by atoms with van der Waals surface area (Å²) in [5.41, 5.74) is 0.646. The lowest BCUT2D eigenvalue weighted by molar-refractivity contribution is -0.124. The van der Waals surface area contributed by atoms with Crippen LogP contribution in [-0.2, 0) is 15.7 Å². The van der Waals surface area contributed by atoms with Gasteiger partial charge >= 0.3 is 0 Å². The second-order valence-electron chi connectivity index (χ2n) is 11.0. The fourth-order valence-electron chi connectivity index (χ4n) is 8.37. The molecular weight excluding hydrogens is 488 g/mol. The first-order chi connectivity index (χ1) is 19.0. The van der Waals surface area contributed by atoms with Crippen LogP contribution in [0.3, 0.4) is 0 Å². The molecule has 4 aliphatic rings. The van der Waals surface area contributed by atoms with Crippen LogP contribution in [-0.4, -0.2) is 42.1 Å². The maximum Gasteiger partial charge on any atom is 0.238 e. The Morgan fingerprint density at radius 3 is 2.46 bits per heavy atom. The molecule has 2 saturated heterocycles. The van der Waals surface area contributed by atoms with Crippen molar-refractivity contribution in [3.8, 4) is 5.75 Å². The van der Waals surface area contributed by atoms with Crippen LogP contribution in [0.25, 0.3) is 10.8 Å². The van der Waals surface area contributed by atoms with Gasteiger partial charge in [0.1, 0.15) is 16.7 Å². The Morgan fingerprint density at radius 1 is 0.923 bits per heavy atom. The first kappa shape index (κ1) is 22.7. The summed E-state index contributed by atoms with van der Waals surface area (Å²) in [5.74, 6) is -0.565. The number of nitrogens with zero attached hydrogens (tertiary/aromatic N) is 1. The van der Waals surface area contributed by atoms with Gasteiger partial charge in [-0.15, -0.1) is 0 Å². The van der Waals surface area contributed by atoms with Gasteiger partial charge in [0.15, 0.2) is 11.6 Å². The Hall–Kier alpha value is -4.29. The maximum absolute atomic E-state index is 15.0. The van der Waals surface area contributed by atoms with Crippen molar-refractivity contribution in [2.24, 2.45) is 5.92 Å². The van der Waals surface area contributed by atoms with Gasteiger partial charge in [-0.2, -0.15) is 0 Å². The molecule has 4 aromatic rings. The van der Waals surface area contributed by atoms with Crippen LogP contribution in [0.4, 0.5) is 5.69 Å². The fraction of sp³-hybridized carbons (Fsp3) is 0.242. The van der Waals surface area contributed by atoms with Gasteiger partial charge in [0.2, 0.25) is 5.91 Å². The fourth-order valence-corrected chi connectivity index (χ4v) is 8.37. The van der Waals surface area contributed by atoms with Crippen LogP contribution < -0.4 is 10.1 Å². The van der Waals surface area contributed by atoms with E-state index in [-0.39, 0.29) is 23.5 Å². The van der Waals surface area contributed by atoms with Gasteiger partial charge in [0, 0.05) is 22.9 Å². The summed E-state index contributed by atoms with van der Waals surface area (Å²) < 4.78 is 5.33. The number of rotatable bonds is 3. The highest BCUT2D eigenvalue weighted by Crippen LogP contribution is 2.68. The Labute approximate surface area is 225 Å². The third-order valence-electron chi connectivity index (χ3n) is 9.64. The predicted octanol–water partition coefficient (Wildman–Crippen LogP) is 5.11. The number of Topliss-reactive ketones (excluding diaryl/α,β-unsaturated/α-hetero) is 2. The molecule has 6 heteroatoms. The van der Waals surface area contributed by atoms with Gasteiger partial charge in [0.25, 0.3) is 0 Å². The van der Waals surface area contributed by atoms with Crippen molar-refractivity contribution in [1.29, 1.82) is 0 Å². The van der Waals surface area contributed by atoms with Crippen molar-refractivity contribution in [3.63, 3.8) is 0 Å². The van der Waals surface area contributed by atoms with Gasteiger partial charge in [0.05, 0.1) is 13.0 Å². The zero-order valence-corrected chi connectivity index (χ0v) is 21.4. The number of anilines is 1. The molecule has 4 atom stereocenters. The minimum atomic E-state index is -1.42. The quantitative estimate of drug-likeness (QED) is 0.385. The average Bonchev–Trinajstić information content (AvgIpc) is 3.68. The van der Waals surface area contributed by atoms with Gasteiger partial charge in [-0.3, -0.25) is 19.3 Å². The summed E-state index contributed by atoms with van der Waals surface area (Å²) in [5, 5.41) is 4.98. The van der Waals surface area contributed by atoms with Crippen LogP contribution in [0.5, 0.6) is 5.75 Å². The molecule has 0 bridgehead atoms. The second kappa shape index (κ2) is 7.64. The van der Waals surface area contributed by atoms with Crippen molar-refractivity contribution in [3.05, 3.63) is 107 Å². The second-order valence-corrected chi connectivity index (χ2v) is 11.0. The summed E-state index contributed by atoms with van der Waals surface area (Å²) in [6.45, 7) is 0.643. The zero-order valence-electron chi connectivity index (χ0n) is 21.4. The van der Waals surface area contributed by atoms with E-state index in [0.717, 1.165) is 34.7 Å². The lowest BCUT2D eigenvalue weighted by Crippen LogP contribution is -2.61. The van der Waals surface area contributed by atoms with Crippen molar-refractivity contribution >= 4 is 33.9 Å². The van der Waals surface area contributed by atoms with Crippen molar-refractivity contribution in [2.75, 3.05) is 19.0 Å². The molecule has 0 saturated carbocycles. The summed E-state index contributed by atoms with van der Waals surface area (Å²) in [7, 11) is 1.59. The Balaban J connectivity index is 1.48. The number of fused-ring (bicyclic) bond motifs is 6. The molecule has 2 fully saturated rings. The molecule has 192 valence electrons. The van der Waals surface area contributed by atoms with Gasteiger partial charge in [-0.05, 0) is 71.6 Å². The highest BCUT2D eigenvalue weighted by Gasteiger charge is 2.80. The number of benzene rings is 4. The average molecular weight is 515 g/mol. The first-order valence-electron chi connectivity index (χ1n) is 13.5. The van der Waals surface area contributed by atoms with E-state index in [1.807, 2.05) is 60.7 Å². The molecule has 8 rings (SSSR count). The van der Waals surface area contributed by atoms with Crippen molar-refractivity contribution < 1.29 is 19.1 Å². The number of ether oxygens (including phenoxy) is 1. The molecule has 1 amide bonds. The van der Waals surface area contributed by atoms with Gasteiger partial charge < -0.3 is 10.1 Å². The number of hydrogen-bond donors (Lipinski definition) is 1. The minimum Gasteiger partial charge on any atom is -0.497 e. The van der Waals surface area contributed by atoms with E-state index in [0.29, 0.717) is 29.1 Å². The zero-order chi connectivity index (χ0) is 26.5. The number of nitrogens with one attached hydrogen (secondary N) is 1. The minimum absolute atomic E-state index is 0.0851. The van der Waals surface area contributed by atoms with E-state index in [2.05, 4.69) is 10.2 Å². The Kier molecular flexibility index (Phi) is 4.44. The summed E-state index contributed by atoms with van der Waals surface area (Å²) in [6.07, 6.45) is 1.60. The van der Waals surface area contributed by atoms with E-state index in [4.69, 9.17) is 4.74 Å². The number of carbonyl (C=O) groups excluding carboxylic acids is 3. The number of ketones is 2. The molecule has 0 unspecified atom stereocenters.